The maximum Gasteiger partial charge on any atom is 0.264 e. The molecule has 0 spiro atoms. The lowest BCUT2D eigenvalue weighted by molar-refractivity contribution is -0.118. The molecule has 2 heterocycles. The number of amides is 1. The van der Waals surface area contributed by atoms with Crippen molar-refractivity contribution in [2.24, 2.45) is 5.16 Å². The summed E-state index contributed by atoms with van der Waals surface area (Å²) in [6.45, 7) is 2.25. The summed E-state index contributed by atoms with van der Waals surface area (Å²) < 4.78 is 34.2. The molecule has 3 aromatic carbocycles. The summed E-state index contributed by atoms with van der Waals surface area (Å²) in [5.74, 6) is 2.82. The number of hydrogen-bond donors (Lipinski definition) is 1. The average molecular weight is 594 g/mol. The first-order valence-electron chi connectivity index (χ1n) is 13.1. The fraction of sp³-hybridized carbons (Fsp3) is 0.300. The molecule has 1 N–H and O–H groups in total. The fourth-order valence-electron chi connectivity index (χ4n) is 4.50. The van der Waals surface area contributed by atoms with Gasteiger partial charge in [0.05, 0.1) is 51.0 Å². The molecule has 4 aromatic rings. The number of rotatable bonds is 12. The summed E-state index contributed by atoms with van der Waals surface area (Å²) >= 11 is 1.37. The number of methoxy groups -OCH3 is 4. The zero-order valence-electron chi connectivity index (χ0n) is 23.9. The Morgan fingerprint density at radius 2 is 1.69 bits per heavy atom. The van der Waals surface area contributed by atoms with Crippen molar-refractivity contribution in [2.45, 2.75) is 19.4 Å². The van der Waals surface area contributed by atoms with Gasteiger partial charge in [0.15, 0.2) is 40.8 Å². The minimum Gasteiger partial charge on any atom is -0.494 e. The molecule has 0 saturated carbocycles. The number of carbonyl (C=O) groups excluding carboxylic acids is 1. The Labute approximate surface area is 246 Å². The summed E-state index contributed by atoms with van der Waals surface area (Å²) in [5.41, 5.74) is 3.08. The van der Waals surface area contributed by atoms with Gasteiger partial charge in [-0.3, -0.25) is 10.1 Å². The van der Waals surface area contributed by atoms with Gasteiger partial charge >= 0.3 is 0 Å². The van der Waals surface area contributed by atoms with Crippen molar-refractivity contribution in [3.05, 3.63) is 59.7 Å². The minimum atomic E-state index is -0.370. The Balaban J connectivity index is 1.25. The van der Waals surface area contributed by atoms with Gasteiger partial charge in [-0.05, 0) is 48.9 Å². The van der Waals surface area contributed by atoms with E-state index >= 15 is 0 Å². The zero-order valence-corrected chi connectivity index (χ0v) is 24.7. The number of aromatic nitrogens is 1. The summed E-state index contributed by atoms with van der Waals surface area (Å²) in [6, 6.07) is 14.7. The number of nitrogens with one attached hydrogen (secondary N) is 1. The van der Waals surface area contributed by atoms with Crippen LogP contribution in [-0.2, 0) is 9.63 Å². The van der Waals surface area contributed by atoms with Crippen molar-refractivity contribution in [3.8, 4) is 34.5 Å². The molecule has 1 aromatic heterocycles. The first-order chi connectivity index (χ1) is 20.5. The molecule has 1 atom stereocenters. The van der Waals surface area contributed by atoms with Crippen LogP contribution < -0.4 is 33.7 Å². The minimum absolute atomic E-state index is 0.237. The molecule has 1 unspecified atom stereocenters. The average Bonchev–Trinajstić information content (AvgIpc) is 3.66. The van der Waals surface area contributed by atoms with Crippen LogP contribution in [0.4, 0.5) is 5.13 Å². The standard InChI is InChI=1S/C30H31N3O8S/c1-6-39-19-8-10-27-21(14-19)31-30(42-27)32-28(34)16-40-24-11-17(7-9-22(24)35-2)23-15-20(33-41-23)18-12-25(36-3)29(38-5)26(13-18)37-4/h7-14,23H,6,15-16H2,1-5H3,(H,31,32,34). The molecule has 0 fully saturated rings. The van der Waals surface area contributed by atoms with Gasteiger partial charge < -0.3 is 33.3 Å². The highest BCUT2D eigenvalue weighted by Crippen LogP contribution is 2.41. The van der Waals surface area contributed by atoms with E-state index in [0.717, 1.165) is 32.8 Å². The van der Waals surface area contributed by atoms with Gasteiger partial charge in [0.1, 0.15) is 5.75 Å². The lowest BCUT2D eigenvalue weighted by Gasteiger charge is -2.15. The molecule has 0 saturated heterocycles. The second kappa shape index (κ2) is 12.9. The molecule has 1 aliphatic heterocycles. The molecule has 5 rings (SSSR count). The highest BCUT2D eigenvalue weighted by Gasteiger charge is 2.27. The number of nitrogens with zero attached hydrogens (tertiary/aromatic N) is 2. The number of thiazole rings is 1. The van der Waals surface area contributed by atoms with E-state index in [0.29, 0.717) is 46.9 Å². The van der Waals surface area contributed by atoms with Crippen molar-refractivity contribution >= 4 is 38.3 Å². The van der Waals surface area contributed by atoms with E-state index in [1.807, 2.05) is 43.3 Å². The van der Waals surface area contributed by atoms with Gasteiger partial charge in [0.2, 0.25) is 5.75 Å². The second-order valence-corrected chi connectivity index (χ2v) is 10.1. The molecule has 12 heteroatoms. The summed E-state index contributed by atoms with van der Waals surface area (Å²) in [5, 5.41) is 7.59. The summed E-state index contributed by atoms with van der Waals surface area (Å²) in [6.07, 6.45) is 0.124. The van der Waals surface area contributed by atoms with Crippen LogP contribution in [-0.4, -0.2) is 58.3 Å². The highest BCUT2D eigenvalue weighted by atomic mass is 32.1. The number of benzene rings is 3. The van der Waals surface area contributed by atoms with Crippen molar-refractivity contribution in [1.29, 1.82) is 0 Å². The maximum atomic E-state index is 12.7. The van der Waals surface area contributed by atoms with Crippen LogP contribution in [0.25, 0.3) is 10.2 Å². The van der Waals surface area contributed by atoms with E-state index in [2.05, 4.69) is 15.5 Å². The van der Waals surface area contributed by atoms with E-state index in [-0.39, 0.29) is 18.6 Å². The number of oxime groups is 1. The molecular weight excluding hydrogens is 562 g/mol. The predicted molar refractivity (Wildman–Crippen MR) is 159 cm³/mol. The molecule has 42 heavy (non-hydrogen) atoms. The molecule has 11 nitrogen and oxygen atoms in total. The Morgan fingerprint density at radius 3 is 2.38 bits per heavy atom. The zero-order chi connectivity index (χ0) is 29.6. The van der Waals surface area contributed by atoms with Gasteiger partial charge in [-0.2, -0.15) is 0 Å². The third kappa shape index (κ3) is 6.13. The lowest BCUT2D eigenvalue weighted by Crippen LogP contribution is -2.20. The Hall–Kier alpha value is -4.71. The van der Waals surface area contributed by atoms with E-state index in [4.69, 9.17) is 33.3 Å². The quantitative estimate of drug-likeness (QED) is 0.223. The Kier molecular flexibility index (Phi) is 8.82. The fourth-order valence-corrected chi connectivity index (χ4v) is 5.36. The van der Waals surface area contributed by atoms with Crippen LogP contribution in [0.2, 0.25) is 0 Å². The second-order valence-electron chi connectivity index (χ2n) is 9.08. The largest absolute Gasteiger partial charge is 0.494 e. The normalized spacial score (nSPS) is 14.1. The van der Waals surface area contributed by atoms with Crippen LogP contribution in [0.15, 0.2) is 53.7 Å². The van der Waals surface area contributed by atoms with Crippen molar-refractivity contribution in [3.63, 3.8) is 0 Å². The molecule has 1 aliphatic rings. The first kappa shape index (κ1) is 28.8. The summed E-state index contributed by atoms with van der Waals surface area (Å²) in [4.78, 5) is 23.0. The molecule has 0 aliphatic carbocycles. The topological polar surface area (TPSA) is 119 Å². The molecule has 0 radical (unpaired) electrons. The first-order valence-corrected chi connectivity index (χ1v) is 13.9. The molecule has 220 valence electrons. The number of carbonyl (C=O) groups is 1. The van der Waals surface area contributed by atoms with Crippen LogP contribution >= 0.6 is 11.3 Å². The van der Waals surface area contributed by atoms with E-state index in [1.54, 1.807) is 33.5 Å². The van der Waals surface area contributed by atoms with Crippen molar-refractivity contribution < 1.29 is 38.1 Å². The van der Waals surface area contributed by atoms with Gasteiger partial charge in [-0.25, -0.2) is 4.98 Å². The van der Waals surface area contributed by atoms with E-state index in [1.165, 1.54) is 18.4 Å². The lowest BCUT2D eigenvalue weighted by atomic mass is 9.99. The number of hydrogen-bond acceptors (Lipinski definition) is 11. The highest BCUT2D eigenvalue weighted by molar-refractivity contribution is 7.22. The van der Waals surface area contributed by atoms with Crippen molar-refractivity contribution in [1.82, 2.24) is 4.98 Å². The molecule has 0 bridgehead atoms. The van der Waals surface area contributed by atoms with Crippen LogP contribution in [0.3, 0.4) is 0 Å². The van der Waals surface area contributed by atoms with Crippen LogP contribution in [0.1, 0.15) is 30.6 Å². The maximum absolute atomic E-state index is 12.7. The third-order valence-corrected chi connectivity index (χ3v) is 7.45. The molecule has 1 amide bonds. The van der Waals surface area contributed by atoms with E-state index in [9.17, 15) is 4.79 Å². The van der Waals surface area contributed by atoms with Gasteiger partial charge in [0, 0.05) is 18.1 Å². The SMILES string of the molecule is CCOc1ccc2sc(NC(=O)COc3cc(C4CC(c5cc(OC)c(OC)c(OC)c5)=NO4)ccc3OC)nc2c1. The number of ether oxygens (including phenoxy) is 6. The van der Waals surface area contributed by atoms with Gasteiger partial charge in [-0.15, -0.1) is 0 Å². The smallest absolute Gasteiger partial charge is 0.264 e. The Morgan fingerprint density at radius 1 is 0.929 bits per heavy atom. The Bertz CT molecular complexity index is 1590. The monoisotopic (exact) mass is 593 g/mol. The number of fused-ring (bicyclic) bond motifs is 1. The molecular formula is C30H31N3O8S. The predicted octanol–water partition coefficient (Wildman–Crippen LogP) is 5.61. The third-order valence-electron chi connectivity index (χ3n) is 6.50. The van der Waals surface area contributed by atoms with Gasteiger partial charge in [0.25, 0.3) is 5.91 Å². The number of anilines is 1. The van der Waals surface area contributed by atoms with Gasteiger partial charge in [-0.1, -0.05) is 22.6 Å². The summed E-state index contributed by atoms with van der Waals surface area (Å²) in [7, 11) is 6.22. The van der Waals surface area contributed by atoms with Crippen LogP contribution in [0, 0.1) is 0 Å². The van der Waals surface area contributed by atoms with Crippen molar-refractivity contribution in [2.75, 3.05) is 47.0 Å². The van der Waals surface area contributed by atoms with Crippen LogP contribution in [0.5, 0.6) is 34.5 Å². The van der Waals surface area contributed by atoms with E-state index < -0.39 is 0 Å².